The molecule has 0 aliphatic rings. The fourth-order valence-electron chi connectivity index (χ4n) is 9.64. The highest BCUT2D eigenvalue weighted by Gasteiger charge is 2.22. The van der Waals surface area contributed by atoms with Gasteiger partial charge in [0.2, 0.25) is 5.95 Å². The Balaban J connectivity index is 0.990. The first-order valence-electron chi connectivity index (χ1n) is 21.9. The Bertz CT molecular complexity index is 3550. The van der Waals surface area contributed by atoms with Gasteiger partial charge in [0.1, 0.15) is 47.3 Å². The normalized spacial score (nSPS) is 12.0. The lowest BCUT2D eigenvalue weighted by molar-refractivity contribution is 0.483. The minimum Gasteiger partial charge on any atom is -0.457 e. The second-order valence-corrected chi connectivity index (χ2v) is 17.0. The van der Waals surface area contributed by atoms with Crippen LogP contribution in [0.3, 0.4) is 0 Å². The number of ether oxygens (including phenoxy) is 2. The molecule has 0 unspecified atom stereocenters. The average molecular weight is 847 g/mol. The SMILES string of the molecule is CC(C)c1cc(Oc2ccc3c4ccc(Oc5cc(C(C)C)c6c7ccccc7n(-c7ccccn7)c6c5)cc4n(-c4ncncn4)c3c2)cc2c1c1ccccc1n2-c1ccccn1. The van der Waals surface area contributed by atoms with Crippen LogP contribution in [0.4, 0.5) is 0 Å². The molecule has 10 heteroatoms. The molecule has 6 heterocycles. The molecule has 314 valence electrons. The van der Waals surface area contributed by atoms with Crippen molar-refractivity contribution in [1.82, 2.24) is 38.6 Å². The Morgan fingerprint density at radius 3 is 1.28 bits per heavy atom. The van der Waals surface area contributed by atoms with Crippen molar-refractivity contribution in [3.8, 4) is 40.6 Å². The molecule has 0 spiro atoms. The van der Waals surface area contributed by atoms with Gasteiger partial charge in [-0.2, -0.15) is 0 Å². The van der Waals surface area contributed by atoms with E-state index < -0.39 is 0 Å². The first-order chi connectivity index (χ1) is 31.9. The molecule has 0 amide bonds. The van der Waals surface area contributed by atoms with E-state index >= 15 is 0 Å². The Hall–Kier alpha value is -8.37. The van der Waals surface area contributed by atoms with Gasteiger partial charge in [-0.3, -0.25) is 13.7 Å². The molecule has 0 atom stereocenters. The van der Waals surface area contributed by atoms with Crippen LogP contribution in [0, 0.1) is 0 Å². The van der Waals surface area contributed by atoms with Crippen molar-refractivity contribution in [2.24, 2.45) is 0 Å². The maximum absolute atomic E-state index is 6.86. The van der Waals surface area contributed by atoms with Gasteiger partial charge in [-0.05, 0) is 95.8 Å². The van der Waals surface area contributed by atoms with E-state index in [4.69, 9.17) is 19.4 Å². The van der Waals surface area contributed by atoms with Crippen molar-refractivity contribution in [1.29, 1.82) is 0 Å². The van der Waals surface area contributed by atoms with Crippen molar-refractivity contribution in [3.63, 3.8) is 0 Å². The molecule has 65 heavy (non-hydrogen) atoms. The van der Waals surface area contributed by atoms with E-state index in [9.17, 15) is 0 Å². The number of para-hydroxylation sites is 2. The first-order valence-corrected chi connectivity index (χ1v) is 21.9. The summed E-state index contributed by atoms with van der Waals surface area (Å²) in [6, 6.07) is 50.1. The zero-order chi connectivity index (χ0) is 43.8. The third-order valence-electron chi connectivity index (χ3n) is 12.4. The highest BCUT2D eigenvalue weighted by atomic mass is 16.5. The summed E-state index contributed by atoms with van der Waals surface area (Å²) in [5.74, 6) is 5.49. The molecule has 0 N–H and O–H groups in total. The van der Waals surface area contributed by atoms with Gasteiger partial charge in [0, 0.05) is 69.0 Å². The largest absolute Gasteiger partial charge is 0.457 e. The summed E-state index contributed by atoms with van der Waals surface area (Å²) in [7, 11) is 0. The molecule has 0 saturated heterocycles. The molecule has 0 radical (unpaired) electrons. The first kappa shape index (κ1) is 38.3. The van der Waals surface area contributed by atoms with Crippen molar-refractivity contribution >= 4 is 65.4 Å². The van der Waals surface area contributed by atoms with Crippen molar-refractivity contribution in [2.45, 2.75) is 39.5 Å². The Labute approximate surface area is 374 Å². The zero-order valence-electron chi connectivity index (χ0n) is 36.2. The summed E-state index contributed by atoms with van der Waals surface area (Å²) in [4.78, 5) is 23.0. The molecular weight excluding hydrogens is 805 g/mol. The van der Waals surface area contributed by atoms with Crippen LogP contribution in [0.15, 0.2) is 171 Å². The average Bonchev–Trinajstić information content (AvgIpc) is 3.96. The van der Waals surface area contributed by atoms with Crippen molar-refractivity contribution in [2.75, 3.05) is 0 Å². The second-order valence-electron chi connectivity index (χ2n) is 17.0. The molecule has 6 aromatic carbocycles. The summed E-state index contributed by atoms with van der Waals surface area (Å²) >= 11 is 0. The smallest absolute Gasteiger partial charge is 0.237 e. The lowest BCUT2D eigenvalue weighted by Gasteiger charge is -2.14. The number of rotatable bonds is 9. The van der Waals surface area contributed by atoms with Gasteiger partial charge in [-0.25, -0.2) is 24.9 Å². The van der Waals surface area contributed by atoms with Crippen LogP contribution >= 0.6 is 0 Å². The topological polar surface area (TPSA) is 97.7 Å². The Morgan fingerprint density at radius 2 is 0.831 bits per heavy atom. The van der Waals surface area contributed by atoms with E-state index in [0.29, 0.717) is 17.4 Å². The molecule has 0 saturated carbocycles. The molecule has 0 aliphatic heterocycles. The van der Waals surface area contributed by atoms with Gasteiger partial charge >= 0.3 is 0 Å². The fraction of sp³-hybridized carbons (Fsp3) is 0.109. The van der Waals surface area contributed by atoms with Crippen LogP contribution in [0.25, 0.3) is 83.0 Å². The van der Waals surface area contributed by atoms with Crippen LogP contribution in [0.1, 0.15) is 50.7 Å². The predicted octanol–water partition coefficient (Wildman–Crippen LogP) is 13.8. The third-order valence-corrected chi connectivity index (χ3v) is 12.4. The highest BCUT2D eigenvalue weighted by Crippen LogP contribution is 2.43. The standard InChI is InChI=1S/C55H42N8O2/c1-33(2)43-25-37(29-49-53(43)41-13-5-7-15-45(41)61(49)51-17-9-11-23-57-51)64-35-19-21-39-40-22-20-36(28-48(40)63(47(39)27-35)55-59-31-56-32-60-55)65-38-26-44(34(3)4)54-42-14-6-8-16-46(42)62(50(54)30-38)52-18-10-12-24-58-52/h5-34H,1-4H3. The summed E-state index contributed by atoms with van der Waals surface area (Å²) in [5.41, 5.74) is 8.45. The number of fused-ring (bicyclic) bond motifs is 9. The summed E-state index contributed by atoms with van der Waals surface area (Å²) in [5, 5.41) is 6.82. The molecule has 12 aromatic rings. The van der Waals surface area contributed by atoms with Crippen LogP contribution in [0.2, 0.25) is 0 Å². The fourth-order valence-corrected chi connectivity index (χ4v) is 9.64. The van der Waals surface area contributed by atoms with Gasteiger partial charge in [-0.15, -0.1) is 0 Å². The molecule has 6 aromatic heterocycles. The van der Waals surface area contributed by atoms with Crippen molar-refractivity contribution < 1.29 is 9.47 Å². The Kier molecular flexibility index (Phi) is 8.94. The zero-order valence-corrected chi connectivity index (χ0v) is 36.2. The van der Waals surface area contributed by atoms with E-state index in [1.54, 1.807) is 0 Å². The molecular formula is C55H42N8O2. The third kappa shape index (κ3) is 6.28. The molecule has 0 fully saturated rings. The van der Waals surface area contributed by atoms with E-state index in [1.165, 1.54) is 45.3 Å². The maximum Gasteiger partial charge on any atom is 0.237 e. The summed E-state index contributed by atoms with van der Waals surface area (Å²) in [6.07, 6.45) is 6.71. The van der Waals surface area contributed by atoms with Crippen LogP contribution in [0.5, 0.6) is 23.0 Å². The minimum absolute atomic E-state index is 0.235. The number of hydrogen-bond acceptors (Lipinski definition) is 7. The predicted molar refractivity (Wildman–Crippen MR) is 260 cm³/mol. The number of pyridine rings is 2. The molecule has 0 bridgehead atoms. The lowest BCUT2D eigenvalue weighted by Crippen LogP contribution is -2.01. The summed E-state index contributed by atoms with van der Waals surface area (Å²) < 4.78 is 20.2. The van der Waals surface area contributed by atoms with Crippen LogP contribution in [-0.4, -0.2) is 38.6 Å². The van der Waals surface area contributed by atoms with E-state index in [1.807, 2.05) is 60.9 Å². The summed E-state index contributed by atoms with van der Waals surface area (Å²) in [6.45, 7) is 8.91. The highest BCUT2D eigenvalue weighted by molar-refractivity contribution is 6.13. The number of nitrogens with zero attached hydrogens (tertiary/aromatic N) is 8. The van der Waals surface area contributed by atoms with E-state index in [-0.39, 0.29) is 11.8 Å². The van der Waals surface area contributed by atoms with Gasteiger partial charge < -0.3 is 9.47 Å². The minimum atomic E-state index is 0.235. The molecule has 12 rings (SSSR count). The number of benzene rings is 6. The van der Waals surface area contributed by atoms with Crippen LogP contribution in [-0.2, 0) is 0 Å². The number of aromatic nitrogens is 8. The van der Waals surface area contributed by atoms with Gasteiger partial charge in [-0.1, -0.05) is 76.2 Å². The molecule has 10 nitrogen and oxygen atoms in total. The van der Waals surface area contributed by atoms with Gasteiger partial charge in [0.05, 0.1) is 33.1 Å². The van der Waals surface area contributed by atoms with Gasteiger partial charge in [0.25, 0.3) is 0 Å². The monoisotopic (exact) mass is 846 g/mol. The van der Waals surface area contributed by atoms with Gasteiger partial charge in [0.15, 0.2) is 0 Å². The number of hydrogen-bond donors (Lipinski definition) is 0. The molecule has 0 aliphatic carbocycles. The maximum atomic E-state index is 6.86. The van der Waals surface area contributed by atoms with Crippen molar-refractivity contribution in [3.05, 3.63) is 182 Å². The lowest BCUT2D eigenvalue weighted by atomic mass is 9.97. The Morgan fingerprint density at radius 1 is 0.385 bits per heavy atom. The second kappa shape index (κ2) is 15.2. The van der Waals surface area contributed by atoms with E-state index in [0.717, 1.165) is 67.0 Å². The van der Waals surface area contributed by atoms with E-state index in [2.05, 4.69) is 153 Å². The van der Waals surface area contributed by atoms with Crippen LogP contribution < -0.4 is 9.47 Å². The quantitative estimate of drug-likeness (QED) is 0.143.